The second-order valence-corrected chi connectivity index (χ2v) is 10.1. The van der Waals surface area contributed by atoms with Crippen molar-refractivity contribution in [2.75, 3.05) is 20.8 Å². The van der Waals surface area contributed by atoms with Gasteiger partial charge in [0, 0.05) is 16.6 Å². The van der Waals surface area contributed by atoms with Crippen LogP contribution >= 0.6 is 23.2 Å². The van der Waals surface area contributed by atoms with Crippen molar-refractivity contribution in [2.24, 2.45) is 0 Å². The molecule has 1 N–H and O–H groups in total. The molecule has 0 heterocycles. The summed E-state index contributed by atoms with van der Waals surface area (Å²) in [6, 6.07) is 17.8. The molecule has 0 unspecified atom stereocenters. The van der Waals surface area contributed by atoms with E-state index in [-0.39, 0.29) is 18.0 Å². The van der Waals surface area contributed by atoms with Crippen LogP contribution in [-0.2, 0) is 27.9 Å². The first-order valence-corrected chi connectivity index (χ1v) is 12.4. The van der Waals surface area contributed by atoms with Gasteiger partial charge in [0.1, 0.15) is 11.5 Å². The fraction of sp³-hybridized carbons (Fsp3) is 0.208. The maximum Gasteiger partial charge on any atom is 0.243 e. The first-order chi connectivity index (χ1) is 16.2. The predicted octanol–water partition coefficient (Wildman–Crippen LogP) is 4.52. The van der Waals surface area contributed by atoms with Crippen LogP contribution in [0.25, 0.3) is 0 Å². The number of benzene rings is 3. The van der Waals surface area contributed by atoms with Crippen LogP contribution in [0.1, 0.15) is 11.1 Å². The number of rotatable bonds is 10. The van der Waals surface area contributed by atoms with Crippen molar-refractivity contribution in [3.63, 3.8) is 0 Å². The molecular formula is C24H24Cl2N2O5S. The standard InChI is InChI=1S/C24H24Cl2N2O5S/c1-32-22-4-3-5-23(33-2)21(22)14-27-24(29)16-28(15-17-6-8-18(25)9-7-17)34(30,31)20-12-10-19(26)11-13-20/h3-13H,14-16H2,1-2H3,(H,27,29). The molecule has 34 heavy (non-hydrogen) atoms. The summed E-state index contributed by atoms with van der Waals surface area (Å²) in [6.45, 7) is -0.319. The third-order valence-corrected chi connectivity index (χ3v) is 7.35. The predicted molar refractivity (Wildman–Crippen MR) is 132 cm³/mol. The first-order valence-electron chi connectivity index (χ1n) is 10.2. The van der Waals surface area contributed by atoms with Crippen LogP contribution in [0, 0.1) is 0 Å². The summed E-state index contributed by atoms with van der Waals surface area (Å²) in [5.41, 5.74) is 1.33. The van der Waals surface area contributed by atoms with Gasteiger partial charge in [-0.25, -0.2) is 8.42 Å². The number of hydrogen-bond acceptors (Lipinski definition) is 5. The summed E-state index contributed by atoms with van der Waals surface area (Å²) in [5, 5.41) is 3.70. The molecule has 3 rings (SSSR count). The van der Waals surface area contributed by atoms with Crippen LogP contribution in [0.4, 0.5) is 0 Å². The molecule has 7 nitrogen and oxygen atoms in total. The number of nitrogens with one attached hydrogen (secondary N) is 1. The van der Waals surface area contributed by atoms with Gasteiger partial charge in [0.15, 0.2) is 0 Å². The Balaban J connectivity index is 1.83. The van der Waals surface area contributed by atoms with E-state index in [1.54, 1.807) is 42.5 Å². The van der Waals surface area contributed by atoms with E-state index >= 15 is 0 Å². The van der Waals surface area contributed by atoms with E-state index in [1.807, 2.05) is 0 Å². The van der Waals surface area contributed by atoms with E-state index in [1.165, 1.54) is 38.5 Å². The van der Waals surface area contributed by atoms with Gasteiger partial charge < -0.3 is 14.8 Å². The zero-order valence-corrected chi connectivity index (χ0v) is 21.0. The Labute approximate surface area is 209 Å². The fourth-order valence-corrected chi connectivity index (χ4v) is 4.92. The van der Waals surface area contributed by atoms with Crippen molar-refractivity contribution >= 4 is 39.1 Å². The molecule has 3 aromatic carbocycles. The van der Waals surface area contributed by atoms with E-state index in [9.17, 15) is 13.2 Å². The molecular weight excluding hydrogens is 499 g/mol. The molecule has 0 fully saturated rings. The Morgan fingerprint density at radius 1 is 0.882 bits per heavy atom. The molecule has 0 bridgehead atoms. The highest BCUT2D eigenvalue weighted by molar-refractivity contribution is 7.89. The number of halogens is 2. The molecule has 0 radical (unpaired) electrons. The fourth-order valence-electron chi connectivity index (χ4n) is 3.28. The largest absolute Gasteiger partial charge is 0.496 e. The summed E-state index contributed by atoms with van der Waals surface area (Å²) in [7, 11) is -0.957. The zero-order valence-electron chi connectivity index (χ0n) is 18.6. The monoisotopic (exact) mass is 522 g/mol. The van der Waals surface area contributed by atoms with Crippen molar-refractivity contribution in [3.05, 3.63) is 87.9 Å². The number of hydrogen-bond donors (Lipinski definition) is 1. The topological polar surface area (TPSA) is 84.9 Å². The molecule has 0 saturated carbocycles. The highest BCUT2D eigenvalue weighted by Gasteiger charge is 2.27. The highest BCUT2D eigenvalue weighted by atomic mass is 35.5. The molecule has 0 aliphatic heterocycles. The van der Waals surface area contributed by atoms with Gasteiger partial charge in [0.25, 0.3) is 0 Å². The lowest BCUT2D eigenvalue weighted by atomic mass is 10.1. The Bertz CT molecular complexity index is 1210. The Kier molecular flexibility index (Phi) is 8.79. The zero-order chi connectivity index (χ0) is 24.7. The smallest absolute Gasteiger partial charge is 0.243 e. The Hall–Kier alpha value is -2.78. The lowest BCUT2D eigenvalue weighted by Gasteiger charge is -2.22. The van der Waals surface area contributed by atoms with E-state index in [2.05, 4.69) is 5.32 Å². The number of carbonyl (C=O) groups is 1. The van der Waals surface area contributed by atoms with Gasteiger partial charge in [-0.05, 0) is 54.1 Å². The van der Waals surface area contributed by atoms with Crippen molar-refractivity contribution in [1.82, 2.24) is 9.62 Å². The van der Waals surface area contributed by atoms with Crippen molar-refractivity contribution in [2.45, 2.75) is 18.0 Å². The second-order valence-electron chi connectivity index (χ2n) is 7.27. The highest BCUT2D eigenvalue weighted by Crippen LogP contribution is 2.28. The maximum atomic E-state index is 13.4. The number of sulfonamides is 1. The number of ether oxygens (including phenoxy) is 2. The molecule has 180 valence electrons. The first kappa shape index (κ1) is 25.8. The number of nitrogens with zero attached hydrogens (tertiary/aromatic N) is 1. The van der Waals surface area contributed by atoms with Crippen molar-refractivity contribution in [3.8, 4) is 11.5 Å². The van der Waals surface area contributed by atoms with Gasteiger partial charge in [0.05, 0.1) is 37.8 Å². The average Bonchev–Trinajstić information content (AvgIpc) is 2.83. The van der Waals surface area contributed by atoms with Crippen molar-refractivity contribution < 1.29 is 22.7 Å². The van der Waals surface area contributed by atoms with Gasteiger partial charge in [-0.3, -0.25) is 4.79 Å². The molecule has 1 amide bonds. The summed E-state index contributed by atoms with van der Waals surface area (Å²) >= 11 is 11.9. The molecule has 10 heteroatoms. The molecule has 0 atom stereocenters. The van der Waals surface area contributed by atoms with Crippen LogP contribution in [0.2, 0.25) is 10.0 Å². The Morgan fingerprint density at radius 3 is 1.94 bits per heavy atom. The van der Waals surface area contributed by atoms with E-state index in [0.29, 0.717) is 32.7 Å². The normalized spacial score (nSPS) is 11.3. The minimum Gasteiger partial charge on any atom is -0.496 e. The summed E-state index contributed by atoms with van der Waals surface area (Å²) in [6.07, 6.45) is 0. The average molecular weight is 523 g/mol. The van der Waals surface area contributed by atoms with Crippen LogP contribution in [0.5, 0.6) is 11.5 Å². The number of methoxy groups -OCH3 is 2. The summed E-state index contributed by atoms with van der Waals surface area (Å²) < 4.78 is 38.5. The molecule has 0 aliphatic carbocycles. The lowest BCUT2D eigenvalue weighted by molar-refractivity contribution is -0.121. The van der Waals surface area contributed by atoms with E-state index in [4.69, 9.17) is 32.7 Å². The Morgan fingerprint density at radius 2 is 1.41 bits per heavy atom. The van der Waals surface area contributed by atoms with Crippen molar-refractivity contribution in [1.29, 1.82) is 0 Å². The quantitative estimate of drug-likeness (QED) is 0.423. The second kappa shape index (κ2) is 11.6. The summed E-state index contributed by atoms with van der Waals surface area (Å²) in [4.78, 5) is 12.9. The van der Waals surface area contributed by atoms with Crippen LogP contribution < -0.4 is 14.8 Å². The maximum absolute atomic E-state index is 13.4. The molecule has 0 spiro atoms. The van der Waals surface area contributed by atoms with Crippen LogP contribution in [0.15, 0.2) is 71.6 Å². The number of carbonyl (C=O) groups excluding carboxylic acids is 1. The lowest BCUT2D eigenvalue weighted by Crippen LogP contribution is -2.40. The van der Waals surface area contributed by atoms with Gasteiger partial charge in [-0.15, -0.1) is 0 Å². The molecule has 0 saturated heterocycles. The van der Waals surface area contributed by atoms with E-state index < -0.39 is 22.5 Å². The molecule has 3 aromatic rings. The third-order valence-electron chi connectivity index (χ3n) is 5.04. The SMILES string of the molecule is COc1cccc(OC)c1CNC(=O)CN(Cc1ccc(Cl)cc1)S(=O)(=O)c1ccc(Cl)cc1. The third kappa shape index (κ3) is 6.42. The minimum atomic E-state index is -4.00. The van der Waals surface area contributed by atoms with Gasteiger partial charge in [-0.2, -0.15) is 4.31 Å². The van der Waals surface area contributed by atoms with Gasteiger partial charge in [0.2, 0.25) is 15.9 Å². The van der Waals surface area contributed by atoms with Gasteiger partial charge >= 0.3 is 0 Å². The molecule has 0 aliphatic rings. The van der Waals surface area contributed by atoms with Crippen LogP contribution in [0.3, 0.4) is 0 Å². The minimum absolute atomic E-state index is 0.0203. The molecule has 0 aromatic heterocycles. The van der Waals surface area contributed by atoms with Gasteiger partial charge in [-0.1, -0.05) is 41.4 Å². The van der Waals surface area contributed by atoms with Crippen LogP contribution in [-0.4, -0.2) is 39.4 Å². The van der Waals surface area contributed by atoms with E-state index in [0.717, 1.165) is 4.31 Å². The number of amides is 1. The summed E-state index contributed by atoms with van der Waals surface area (Å²) in [5.74, 6) is 0.609.